The summed E-state index contributed by atoms with van der Waals surface area (Å²) >= 11 is 6.35. The van der Waals surface area contributed by atoms with Crippen molar-refractivity contribution in [2.45, 2.75) is 56.1 Å². The zero-order valence-corrected chi connectivity index (χ0v) is 22.3. The summed E-state index contributed by atoms with van der Waals surface area (Å²) in [5, 5.41) is 24.5. The highest BCUT2D eigenvalue weighted by Crippen LogP contribution is 2.55. The molecule has 2 aliphatic rings. The minimum absolute atomic E-state index is 0.0135. The van der Waals surface area contributed by atoms with E-state index in [0.717, 1.165) is 18.2 Å². The van der Waals surface area contributed by atoms with E-state index in [1.807, 2.05) is 0 Å². The van der Waals surface area contributed by atoms with Crippen LogP contribution in [0.15, 0.2) is 48.5 Å². The number of primary amides is 1. The average molecular weight is 595 g/mol. The second-order valence-electron chi connectivity index (χ2n) is 10.1. The van der Waals surface area contributed by atoms with Gasteiger partial charge in [0.2, 0.25) is 5.91 Å². The summed E-state index contributed by atoms with van der Waals surface area (Å²) < 4.78 is 67.6. The number of rotatable bonds is 8. The molecule has 0 radical (unpaired) electrons. The number of carbonyl (C=O) groups is 1. The van der Waals surface area contributed by atoms with Gasteiger partial charge in [0.1, 0.15) is 17.7 Å². The van der Waals surface area contributed by atoms with Gasteiger partial charge < -0.3 is 30.7 Å². The van der Waals surface area contributed by atoms with Gasteiger partial charge in [-0.05, 0) is 43.4 Å². The lowest BCUT2D eigenvalue weighted by molar-refractivity contribution is -0.0521. The van der Waals surface area contributed by atoms with Crippen LogP contribution in [0.1, 0.15) is 53.3 Å². The predicted octanol–water partition coefficient (Wildman–Crippen LogP) is 5.20. The van der Waals surface area contributed by atoms with Gasteiger partial charge in [-0.25, -0.2) is 8.78 Å². The molecule has 1 aliphatic carbocycles. The second kappa shape index (κ2) is 11.5. The van der Waals surface area contributed by atoms with Crippen molar-refractivity contribution in [1.29, 1.82) is 0 Å². The lowest BCUT2D eigenvalue weighted by Crippen LogP contribution is -2.48. The molecule has 0 spiro atoms. The molecule has 1 saturated carbocycles. The number of fused-ring (bicyclic) bond motifs is 1. The van der Waals surface area contributed by atoms with Crippen molar-refractivity contribution in [3.05, 3.63) is 81.9 Å². The fourth-order valence-electron chi connectivity index (χ4n) is 5.64. The maximum atomic E-state index is 15.8. The third kappa shape index (κ3) is 5.34. The van der Waals surface area contributed by atoms with Crippen LogP contribution < -0.4 is 20.5 Å². The molecule has 1 aliphatic heterocycles. The molecule has 12 heteroatoms. The van der Waals surface area contributed by atoms with Crippen molar-refractivity contribution in [3.63, 3.8) is 0 Å². The molecule has 1 fully saturated rings. The van der Waals surface area contributed by atoms with Crippen molar-refractivity contribution in [3.8, 4) is 22.6 Å². The van der Waals surface area contributed by atoms with Crippen LogP contribution in [-0.4, -0.2) is 41.4 Å². The number of aliphatic hydroxyl groups excluding tert-OH is 2. The molecular formula is C29H27ClF4N2O5. The molecule has 3 aromatic carbocycles. The maximum absolute atomic E-state index is 15.8. The standard InChI is InChI=1S/C29H27ClF4N2O5/c30-24-18(31)12-20-22(23(24)21-17(27(35)39)10-11-19(25(21)32)40-28(33)34)26(38)29(41-20,14-4-2-1-3-5-14)13-36-15-6-8-16(37)9-7-15/h1-5,10-12,15-16,26,28,36-38H,6-9,13H2,(H2,35,39)/t15-,16-,26-,29+/m0/s1. The number of hydrogen-bond donors (Lipinski definition) is 4. The number of aliphatic hydroxyl groups is 2. The van der Waals surface area contributed by atoms with E-state index in [4.69, 9.17) is 22.1 Å². The van der Waals surface area contributed by atoms with Crippen LogP contribution in [0, 0.1) is 11.6 Å². The van der Waals surface area contributed by atoms with Gasteiger partial charge in [-0.1, -0.05) is 41.9 Å². The van der Waals surface area contributed by atoms with Gasteiger partial charge in [-0.2, -0.15) is 8.78 Å². The molecule has 0 unspecified atom stereocenters. The number of alkyl halides is 2. The van der Waals surface area contributed by atoms with E-state index in [2.05, 4.69) is 10.1 Å². The quantitative estimate of drug-likeness (QED) is 0.267. The first-order chi connectivity index (χ1) is 19.5. The summed E-state index contributed by atoms with van der Waals surface area (Å²) in [6, 6.07) is 11.3. The number of ether oxygens (including phenoxy) is 2. The molecule has 5 N–H and O–H groups in total. The molecule has 0 saturated heterocycles. The van der Waals surface area contributed by atoms with E-state index in [-0.39, 0.29) is 30.0 Å². The largest absolute Gasteiger partial charge is 0.478 e. The molecule has 1 heterocycles. The second-order valence-corrected chi connectivity index (χ2v) is 10.5. The minimum Gasteiger partial charge on any atom is -0.478 e. The molecule has 218 valence electrons. The topological polar surface area (TPSA) is 114 Å². The highest BCUT2D eigenvalue weighted by Gasteiger charge is 2.52. The van der Waals surface area contributed by atoms with Gasteiger partial charge in [-0.3, -0.25) is 4.79 Å². The Kier molecular flexibility index (Phi) is 8.15. The van der Waals surface area contributed by atoms with Gasteiger partial charge in [0.15, 0.2) is 17.2 Å². The molecule has 0 aromatic heterocycles. The smallest absolute Gasteiger partial charge is 0.387 e. The van der Waals surface area contributed by atoms with Gasteiger partial charge in [0.25, 0.3) is 0 Å². The maximum Gasteiger partial charge on any atom is 0.387 e. The van der Waals surface area contributed by atoms with Crippen LogP contribution in [0.3, 0.4) is 0 Å². The zero-order valence-electron chi connectivity index (χ0n) is 21.6. The number of amides is 1. The number of hydrogen-bond acceptors (Lipinski definition) is 6. The molecule has 5 rings (SSSR count). The van der Waals surface area contributed by atoms with Crippen LogP contribution in [0.2, 0.25) is 5.02 Å². The minimum atomic E-state index is -3.41. The van der Waals surface area contributed by atoms with Crippen molar-refractivity contribution in [2.75, 3.05) is 6.54 Å². The average Bonchev–Trinajstić information content (AvgIpc) is 3.22. The third-order valence-corrected chi connectivity index (χ3v) is 8.05. The van der Waals surface area contributed by atoms with Crippen LogP contribution in [-0.2, 0) is 5.60 Å². The summed E-state index contributed by atoms with van der Waals surface area (Å²) in [6.45, 7) is -3.39. The van der Waals surface area contributed by atoms with Crippen molar-refractivity contribution >= 4 is 17.5 Å². The highest BCUT2D eigenvalue weighted by atomic mass is 35.5. The number of nitrogens with two attached hydrogens (primary N) is 1. The van der Waals surface area contributed by atoms with E-state index in [0.29, 0.717) is 31.2 Å². The van der Waals surface area contributed by atoms with Crippen molar-refractivity contribution in [2.24, 2.45) is 5.73 Å². The van der Waals surface area contributed by atoms with Gasteiger partial charge in [0.05, 0.1) is 16.7 Å². The third-order valence-electron chi connectivity index (χ3n) is 7.68. The number of benzene rings is 3. The molecule has 0 bridgehead atoms. The molecule has 3 aromatic rings. The Bertz CT molecular complexity index is 1450. The fraction of sp³-hybridized carbons (Fsp3) is 0.345. The first-order valence-corrected chi connectivity index (χ1v) is 13.3. The highest BCUT2D eigenvalue weighted by molar-refractivity contribution is 6.34. The van der Waals surface area contributed by atoms with Gasteiger partial charge in [0, 0.05) is 35.3 Å². The van der Waals surface area contributed by atoms with E-state index in [1.165, 1.54) is 0 Å². The van der Waals surface area contributed by atoms with Crippen LogP contribution in [0.4, 0.5) is 17.6 Å². The Balaban J connectivity index is 1.68. The molecule has 7 nitrogen and oxygen atoms in total. The van der Waals surface area contributed by atoms with E-state index < -0.39 is 63.3 Å². The fourth-order valence-corrected chi connectivity index (χ4v) is 5.89. The summed E-state index contributed by atoms with van der Waals surface area (Å²) in [7, 11) is 0. The van der Waals surface area contributed by atoms with Gasteiger partial charge in [-0.15, -0.1) is 0 Å². The summed E-state index contributed by atoms with van der Waals surface area (Å²) in [5.74, 6) is -4.78. The monoisotopic (exact) mass is 594 g/mol. The van der Waals surface area contributed by atoms with Crippen molar-refractivity contribution < 1.29 is 42.0 Å². The van der Waals surface area contributed by atoms with E-state index >= 15 is 8.78 Å². The van der Waals surface area contributed by atoms with E-state index in [9.17, 15) is 23.8 Å². The van der Waals surface area contributed by atoms with Crippen LogP contribution in [0.25, 0.3) is 11.1 Å². The first kappa shape index (κ1) is 29.1. The summed E-state index contributed by atoms with van der Waals surface area (Å²) in [6.07, 6.45) is 0.540. The normalized spacial score (nSPS) is 23.8. The lowest BCUT2D eigenvalue weighted by Gasteiger charge is -2.36. The molecule has 41 heavy (non-hydrogen) atoms. The number of carbonyl (C=O) groups excluding carboxylic acids is 1. The SMILES string of the molecule is NC(=O)c1ccc(OC(F)F)c(F)c1-c1c(Cl)c(F)cc2c1[C@H](O)[C@@](CN[C@H]1CC[C@H](O)CC1)(c1ccccc1)O2. The molecule has 1 amide bonds. The van der Waals surface area contributed by atoms with Crippen LogP contribution in [0.5, 0.6) is 11.5 Å². The molecule has 2 atom stereocenters. The summed E-state index contributed by atoms with van der Waals surface area (Å²) in [4.78, 5) is 12.3. The van der Waals surface area contributed by atoms with Crippen LogP contribution >= 0.6 is 11.6 Å². The summed E-state index contributed by atoms with van der Waals surface area (Å²) in [5.41, 5.74) is 2.57. The van der Waals surface area contributed by atoms with Gasteiger partial charge >= 0.3 is 6.61 Å². The number of halogens is 5. The first-order valence-electron chi connectivity index (χ1n) is 13.0. The van der Waals surface area contributed by atoms with Crippen molar-refractivity contribution in [1.82, 2.24) is 5.32 Å². The predicted molar refractivity (Wildman–Crippen MR) is 142 cm³/mol. The van der Waals surface area contributed by atoms with E-state index in [1.54, 1.807) is 30.3 Å². The Morgan fingerprint density at radius 1 is 1.10 bits per heavy atom. The molecular weight excluding hydrogens is 568 g/mol. The Hall–Kier alpha value is -3.38. The Morgan fingerprint density at radius 3 is 2.41 bits per heavy atom. The zero-order chi connectivity index (χ0) is 29.5. The number of nitrogens with one attached hydrogen (secondary N) is 1. The lowest BCUT2D eigenvalue weighted by atomic mass is 9.82. The Labute approximate surface area is 237 Å². The Morgan fingerprint density at radius 2 is 1.78 bits per heavy atom.